The van der Waals surface area contributed by atoms with Crippen LogP contribution in [0.1, 0.15) is 63.5 Å². The van der Waals surface area contributed by atoms with Gasteiger partial charge in [0.25, 0.3) is 0 Å². The van der Waals surface area contributed by atoms with Crippen molar-refractivity contribution in [1.82, 2.24) is 10.2 Å². The maximum Gasteiger partial charge on any atom is 0.407 e. The predicted octanol–water partition coefficient (Wildman–Crippen LogP) is 3.58. The van der Waals surface area contributed by atoms with Crippen LogP contribution < -0.4 is 5.32 Å². The number of likely N-dealkylation sites (tertiary alicyclic amines) is 1. The lowest BCUT2D eigenvalue weighted by molar-refractivity contribution is -0.142. The summed E-state index contributed by atoms with van der Waals surface area (Å²) < 4.78 is 5.01. The molecule has 27 heavy (non-hydrogen) atoms. The zero-order valence-electron chi connectivity index (χ0n) is 16.6. The lowest BCUT2D eigenvalue weighted by Crippen LogP contribution is -2.58. The molecule has 2 heterocycles. The number of alkyl carbamates (subject to hydrolysis) is 1. The van der Waals surface area contributed by atoms with Gasteiger partial charge in [-0.05, 0) is 48.1 Å². The summed E-state index contributed by atoms with van der Waals surface area (Å²) >= 11 is 0. The van der Waals surface area contributed by atoms with Crippen molar-refractivity contribution in [2.45, 2.75) is 63.3 Å². The summed E-state index contributed by atoms with van der Waals surface area (Å²) in [5.41, 5.74) is 2.66. The summed E-state index contributed by atoms with van der Waals surface area (Å²) in [6.07, 6.45) is 3.13. The predicted molar refractivity (Wildman–Crippen MR) is 104 cm³/mol. The topological polar surface area (TPSA) is 58.6 Å². The number of rotatable bonds is 2. The average molecular weight is 370 g/mol. The summed E-state index contributed by atoms with van der Waals surface area (Å²) in [5.74, 6) is 0.822. The van der Waals surface area contributed by atoms with Crippen LogP contribution in [0.5, 0.6) is 0 Å². The Hall–Kier alpha value is -2.04. The second kappa shape index (κ2) is 6.54. The normalized spacial score (nSPS) is 28.6. The number of nitrogens with zero attached hydrogens (tertiary/aromatic N) is 1. The third-order valence-electron chi connectivity index (χ3n) is 6.50. The van der Waals surface area contributed by atoms with E-state index in [1.807, 2.05) is 4.90 Å². The average Bonchev–Trinajstić information content (AvgIpc) is 3.02. The fraction of sp³-hybridized carbons (Fsp3) is 0.636. The quantitative estimate of drug-likeness (QED) is 0.866. The first-order valence-electron chi connectivity index (χ1n) is 10.1. The SMILES string of the molecule is CC(C)(C)c1cccc(C2CCN(C(=O)[C@H]3C[C@]4(COC(=O)N4)C3)CC2)c1. The molecule has 0 bridgehead atoms. The second-order valence-electron chi connectivity index (χ2n) is 9.56. The number of carbonyl (C=O) groups is 2. The van der Waals surface area contributed by atoms with Gasteiger partial charge in [0.15, 0.2) is 0 Å². The minimum Gasteiger partial charge on any atom is -0.447 e. The lowest BCUT2D eigenvalue weighted by Gasteiger charge is -2.45. The van der Waals surface area contributed by atoms with Crippen LogP contribution in [-0.4, -0.2) is 42.1 Å². The van der Waals surface area contributed by atoms with E-state index < -0.39 is 0 Å². The number of ether oxygens (including phenoxy) is 1. The molecule has 2 aliphatic heterocycles. The third kappa shape index (κ3) is 3.56. The first-order chi connectivity index (χ1) is 12.8. The van der Waals surface area contributed by atoms with Crippen molar-refractivity contribution in [2.75, 3.05) is 19.7 Å². The molecule has 0 aromatic heterocycles. The van der Waals surface area contributed by atoms with Gasteiger partial charge in [-0.2, -0.15) is 0 Å². The van der Waals surface area contributed by atoms with Crippen LogP contribution >= 0.6 is 0 Å². The Morgan fingerprint density at radius 2 is 1.93 bits per heavy atom. The van der Waals surface area contributed by atoms with E-state index in [4.69, 9.17) is 4.74 Å². The molecule has 1 saturated carbocycles. The Morgan fingerprint density at radius 3 is 2.52 bits per heavy atom. The molecule has 2 saturated heterocycles. The minimum atomic E-state index is -0.348. The largest absolute Gasteiger partial charge is 0.447 e. The number of benzene rings is 1. The summed E-state index contributed by atoms with van der Waals surface area (Å²) in [6, 6.07) is 8.95. The number of carbonyl (C=O) groups excluding carboxylic acids is 2. The van der Waals surface area contributed by atoms with Crippen molar-refractivity contribution in [1.29, 1.82) is 0 Å². The molecule has 1 spiro atoms. The van der Waals surface area contributed by atoms with Gasteiger partial charge in [-0.3, -0.25) is 4.79 Å². The van der Waals surface area contributed by atoms with Gasteiger partial charge in [0.1, 0.15) is 6.61 Å². The standard InChI is InChI=1S/C22H30N2O3/c1-21(2,3)18-6-4-5-16(11-18)15-7-9-24(10-8-15)19(25)17-12-22(13-17)14-27-20(26)23-22/h4-6,11,15,17H,7-10,12-14H2,1-3H3,(H,23,26)/t17-,22+. The van der Waals surface area contributed by atoms with E-state index >= 15 is 0 Å². The number of hydrogen-bond acceptors (Lipinski definition) is 3. The van der Waals surface area contributed by atoms with Crippen LogP contribution in [0.25, 0.3) is 0 Å². The Bertz CT molecular complexity index is 738. The third-order valence-corrected chi connectivity index (χ3v) is 6.50. The van der Waals surface area contributed by atoms with Crippen molar-refractivity contribution < 1.29 is 14.3 Å². The number of nitrogens with one attached hydrogen (secondary N) is 1. The molecular formula is C22H30N2O3. The Balaban J connectivity index is 1.32. The van der Waals surface area contributed by atoms with Gasteiger partial charge < -0.3 is 15.0 Å². The highest BCUT2D eigenvalue weighted by atomic mass is 16.6. The maximum absolute atomic E-state index is 12.8. The number of cyclic esters (lactones) is 1. The smallest absolute Gasteiger partial charge is 0.407 e. The van der Waals surface area contributed by atoms with Gasteiger partial charge in [-0.1, -0.05) is 45.0 Å². The monoisotopic (exact) mass is 370 g/mol. The molecule has 2 amide bonds. The van der Waals surface area contributed by atoms with E-state index in [-0.39, 0.29) is 28.9 Å². The molecule has 3 fully saturated rings. The highest BCUT2D eigenvalue weighted by Crippen LogP contribution is 2.42. The highest BCUT2D eigenvalue weighted by Gasteiger charge is 2.53. The van der Waals surface area contributed by atoms with Crippen molar-refractivity contribution in [3.8, 4) is 0 Å². The highest BCUT2D eigenvalue weighted by molar-refractivity contribution is 5.81. The molecule has 1 aromatic rings. The molecule has 1 N–H and O–H groups in total. The van der Waals surface area contributed by atoms with E-state index in [0.717, 1.165) is 25.9 Å². The van der Waals surface area contributed by atoms with Gasteiger partial charge in [0, 0.05) is 19.0 Å². The van der Waals surface area contributed by atoms with Crippen LogP contribution in [0, 0.1) is 5.92 Å². The number of piperidine rings is 1. The summed E-state index contributed by atoms with van der Waals surface area (Å²) in [5, 5.41) is 2.87. The Labute approximate surface area is 161 Å². The molecule has 5 nitrogen and oxygen atoms in total. The molecule has 146 valence electrons. The van der Waals surface area contributed by atoms with E-state index in [2.05, 4.69) is 50.4 Å². The van der Waals surface area contributed by atoms with Crippen molar-refractivity contribution in [2.24, 2.45) is 5.92 Å². The number of hydrogen-bond donors (Lipinski definition) is 1. The van der Waals surface area contributed by atoms with Crippen LogP contribution in [0.4, 0.5) is 4.79 Å². The van der Waals surface area contributed by atoms with Gasteiger partial charge >= 0.3 is 6.09 Å². The zero-order chi connectivity index (χ0) is 19.2. The van der Waals surface area contributed by atoms with E-state index in [9.17, 15) is 9.59 Å². The van der Waals surface area contributed by atoms with E-state index in [0.29, 0.717) is 25.4 Å². The van der Waals surface area contributed by atoms with E-state index in [1.165, 1.54) is 11.1 Å². The Morgan fingerprint density at radius 1 is 1.22 bits per heavy atom. The summed E-state index contributed by atoms with van der Waals surface area (Å²) in [6.45, 7) is 8.80. The van der Waals surface area contributed by atoms with Crippen molar-refractivity contribution >= 4 is 12.0 Å². The molecule has 0 atom stereocenters. The van der Waals surface area contributed by atoms with Crippen molar-refractivity contribution in [3.63, 3.8) is 0 Å². The van der Waals surface area contributed by atoms with Gasteiger partial charge in [0.2, 0.25) is 5.91 Å². The van der Waals surface area contributed by atoms with Gasteiger partial charge in [-0.15, -0.1) is 0 Å². The second-order valence-corrected chi connectivity index (χ2v) is 9.56. The molecular weight excluding hydrogens is 340 g/mol. The van der Waals surface area contributed by atoms with Crippen LogP contribution in [0.3, 0.4) is 0 Å². The van der Waals surface area contributed by atoms with Crippen LogP contribution in [0.15, 0.2) is 24.3 Å². The lowest BCUT2D eigenvalue weighted by atomic mass is 9.68. The summed E-state index contributed by atoms with van der Waals surface area (Å²) in [4.78, 5) is 26.1. The molecule has 3 aliphatic rings. The fourth-order valence-corrected chi connectivity index (χ4v) is 4.72. The van der Waals surface area contributed by atoms with Crippen LogP contribution in [-0.2, 0) is 14.9 Å². The van der Waals surface area contributed by atoms with Crippen molar-refractivity contribution in [3.05, 3.63) is 35.4 Å². The molecule has 0 unspecified atom stereocenters. The molecule has 0 radical (unpaired) electrons. The zero-order valence-corrected chi connectivity index (χ0v) is 16.6. The van der Waals surface area contributed by atoms with Gasteiger partial charge in [-0.25, -0.2) is 4.79 Å². The summed E-state index contributed by atoms with van der Waals surface area (Å²) in [7, 11) is 0. The Kier molecular flexibility index (Phi) is 4.44. The molecule has 4 rings (SSSR count). The maximum atomic E-state index is 12.8. The molecule has 1 aromatic carbocycles. The van der Waals surface area contributed by atoms with Gasteiger partial charge in [0.05, 0.1) is 5.54 Å². The van der Waals surface area contributed by atoms with Crippen LogP contribution in [0.2, 0.25) is 0 Å². The molecule has 5 heteroatoms. The fourth-order valence-electron chi connectivity index (χ4n) is 4.72. The minimum absolute atomic E-state index is 0.0350. The number of amides is 2. The first kappa shape index (κ1) is 18.3. The molecule has 1 aliphatic carbocycles. The van der Waals surface area contributed by atoms with E-state index in [1.54, 1.807) is 0 Å². The first-order valence-corrected chi connectivity index (χ1v) is 10.1.